The van der Waals surface area contributed by atoms with E-state index in [0.29, 0.717) is 5.75 Å². The van der Waals surface area contributed by atoms with E-state index in [1.54, 1.807) is 24.3 Å². The van der Waals surface area contributed by atoms with Crippen molar-refractivity contribution < 1.29 is 29.3 Å². The highest BCUT2D eigenvalue weighted by molar-refractivity contribution is 8.00. The van der Waals surface area contributed by atoms with E-state index in [-0.39, 0.29) is 18.1 Å². The van der Waals surface area contributed by atoms with E-state index in [4.69, 9.17) is 9.84 Å². The number of carboxylic acids is 1. The fourth-order valence-corrected chi connectivity index (χ4v) is 3.68. The molecule has 0 spiro atoms. The second-order valence-corrected chi connectivity index (χ2v) is 6.26. The number of carbonyl (C=O) groups is 3. The molecule has 9 heteroatoms. The van der Waals surface area contributed by atoms with Gasteiger partial charge in [0.15, 0.2) is 12.3 Å². The van der Waals surface area contributed by atoms with Gasteiger partial charge in [0.2, 0.25) is 0 Å². The highest BCUT2D eigenvalue weighted by atomic mass is 32.2. The van der Waals surface area contributed by atoms with Gasteiger partial charge < -0.3 is 20.3 Å². The predicted octanol–water partition coefficient (Wildman–Crippen LogP) is 0.320. The lowest BCUT2D eigenvalue weighted by Gasteiger charge is -2.48. The van der Waals surface area contributed by atoms with Crippen molar-refractivity contribution >= 4 is 29.5 Å². The number of aliphatic hydroxyl groups is 1. The van der Waals surface area contributed by atoms with Gasteiger partial charge in [-0.25, -0.2) is 4.79 Å². The quantitative estimate of drug-likeness (QED) is 0.655. The zero-order valence-corrected chi connectivity index (χ0v) is 13.2. The molecule has 2 aliphatic rings. The highest BCUT2D eigenvalue weighted by Gasteiger charge is 2.54. The Labute approximate surface area is 141 Å². The number of hydrogen-bond acceptors (Lipinski definition) is 6. The van der Waals surface area contributed by atoms with Crippen molar-refractivity contribution in [3.05, 3.63) is 41.8 Å². The van der Waals surface area contributed by atoms with E-state index in [1.165, 1.54) is 11.8 Å². The van der Waals surface area contributed by atoms with Crippen molar-refractivity contribution in [1.29, 1.82) is 0 Å². The van der Waals surface area contributed by atoms with Crippen LogP contribution in [0.1, 0.15) is 0 Å². The Hall–Kier alpha value is -2.68. The minimum absolute atomic E-state index is 0.0724. The maximum absolute atomic E-state index is 12.1. The van der Waals surface area contributed by atoms with Gasteiger partial charge in [-0.3, -0.25) is 14.5 Å². The first-order chi connectivity index (χ1) is 11.5. The molecule has 2 aliphatic heterocycles. The van der Waals surface area contributed by atoms with Gasteiger partial charge in [-0.1, -0.05) is 18.2 Å². The van der Waals surface area contributed by atoms with Crippen LogP contribution in [0.2, 0.25) is 0 Å². The molecule has 8 nitrogen and oxygen atoms in total. The number of rotatable bonds is 5. The molecule has 2 amide bonds. The number of hydrogen-bond donors (Lipinski definition) is 3. The number of benzene rings is 1. The first kappa shape index (κ1) is 16.2. The molecule has 2 atom stereocenters. The number of nitrogens with one attached hydrogen (secondary N) is 1. The van der Waals surface area contributed by atoms with E-state index in [1.807, 2.05) is 6.07 Å². The Bertz CT molecular complexity index is 720. The smallest absolute Gasteiger partial charge is 0.356 e. The molecule has 24 heavy (non-hydrogen) atoms. The van der Waals surface area contributed by atoms with Crippen molar-refractivity contribution in [3.63, 3.8) is 0 Å². The number of ether oxygens (including phenoxy) is 1. The van der Waals surface area contributed by atoms with Crippen molar-refractivity contribution in [1.82, 2.24) is 10.2 Å². The summed E-state index contributed by atoms with van der Waals surface area (Å²) in [6, 6.07) is 7.93. The predicted molar refractivity (Wildman–Crippen MR) is 84.3 cm³/mol. The molecular formula is C15H14N2O6S. The zero-order chi connectivity index (χ0) is 17.3. The first-order valence-electron chi connectivity index (χ1n) is 7.06. The van der Waals surface area contributed by atoms with Crippen LogP contribution in [-0.4, -0.2) is 56.7 Å². The fourth-order valence-electron chi connectivity index (χ4n) is 2.48. The number of nitrogens with zero attached hydrogens (tertiary/aromatic N) is 1. The van der Waals surface area contributed by atoms with Gasteiger partial charge in [0.05, 0.1) is 5.75 Å². The Morgan fingerprint density at radius 3 is 2.71 bits per heavy atom. The van der Waals surface area contributed by atoms with Crippen molar-refractivity contribution in [2.24, 2.45) is 0 Å². The number of para-hydroxylation sites is 1. The van der Waals surface area contributed by atoms with Crippen LogP contribution in [-0.2, 0) is 14.4 Å². The SMILES string of the molecule is O=C(COc1ccccc1)N[C@@H]1C(=O)N2C(C(=O)O)=C(O)CS[C@H]12. The Balaban J connectivity index is 1.59. The molecule has 1 aromatic rings. The first-order valence-corrected chi connectivity index (χ1v) is 8.11. The van der Waals surface area contributed by atoms with E-state index in [2.05, 4.69) is 5.32 Å². The second kappa shape index (κ2) is 6.44. The lowest BCUT2D eigenvalue weighted by atomic mass is 10.0. The summed E-state index contributed by atoms with van der Waals surface area (Å²) in [6.07, 6.45) is 0. The average Bonchev–Trinajstić information content (AvgIpc) is 2.58. The molecule has 1 fully saturated rings. The topological polar surface area (TPSA) is 116 Å². The van der Waals surface area contributed by atoms with Crippen LogP contribution in [0.15, 0.2) is 41.8 Å². The molecule has 126 valence electrons. The molecule has 0 aromatic heterocycles. The van der Waals surface area contributed by atoms with Crippen LogP contribution in [0.3, 0.4) is 0 Å². The summed E-state index contributed by atoms with van der Waals surface area (Å²) in [5.74, 6) is -2.17. The molecular weight excluding hydrogens is 336 g/mol. The maximum atomic E-state index is 12.1. The van der Waals surface area contributed by atoms with Crippen LogP contribution in [0.5, 0.6) is 5.75 Å². The third-order valence-corrected chi connectivity index (χ3v) is 4.84. The highest BCUT2D eigenvalue weighted by Crippen LogP contribution is 2.39. The summed E-state index contributed by atoms with van der Waals surface area (Å²) in [4.78, 5) is 36.2. The van der Waals surface area contributed by atoms with Crippen molar-refractivity contribution in [2.45, 2.75) is 11.4 Å². The fraction of sp³-hybridized carbons (Fsp3) is 0.267. The second-order valence-electron chi connectivity index (χ2n) is 5.16. The molecule has 1 saturated heterocycles. The van der Waals surface area contributed by atoms with E-state index in [9.17, 15) is 19.5 Å². The lowest BCUT2D eigenvalue weighted by Crippen LogP contribution is -2.70. The van der Waals surface area contributed by atoms with Crippen LogP contribution in [0.25, 0.3) is 0 Å². The molecule has 2 heterocycles. The number of fused-ring (bicyclic) bond motifs is 1. The van der Waals surface area contributed by atoms with Crippen molar-refractivity contribution in [2.75, 3.05) is 12.4 Å². The van der Waals surface area contributed by atoms with Crippen LogP contribution in [0.4, 0.5) is 0 Å². The third kappa shape index (κ3) is 2.90. The van der Waals surface area contributed by atoms with Crippen LogP contribution < -0.4 is 10.1 Å². The standard InChI is InChI=1S/C15H14N2O6S/c18-9-7-24-14-11(13(20)17(14)12(9)15(21)22)16-10(19)6-23-8-4-2-1-3-5-8/h1-5,11,14,18H,6-7H2,(H,16,19)(H,21,22)/t11-,14-/m1/s1. The van der Waals surface area contributed by atoms with Crippen LogP contribution in [0, 0.1) is 0 Å². The molecule has 0 aliphatic carbocycles. The maximum Gasteiger partial charge on any atom is 0.356 e. The van der Waals surface area contributed by atoms with Gasteiger partial charge in [0.25, 0.3) is 11.8 Å². The normalized spacial score (nSPS) is 22.5. The Morgan fingerprint density at radius 1 is 1.33 bits per heavy atom. The number of carboxylic acid groups (broad SMARTS) is 1. The molecule has 0 bridgehead atoms. The van der Waals surface area contributed by atoms with Gasteiger partial charge in [0, 0.05) is 0 Å². The van der Waals surface area contributed by atoms with Gasteiger partial charge in [0.1, 0.15) is 22.9 Å². The number of thioether (sulfide) groups is 1. The van der Waals surface area contributed by atoms with Crippen molar-refractivity contribution in [3.8, 4) is 5.75 Å². The van der Waals surface area contributed by atoms with Gasteiger partial charge in [-0.2, -0.15) is 0 Å². The molecule has 0 saturated carbocycles. The zero-order valence-electron chi connectivity index (χ0n) is 12.3. The minimum atomic E-state index is -1.37. The van der Waals surface area contributed by atoms with E-state index in [0.717, 1.165) is 4.90 Å². The number of β-lactam (4-membered cyclic amide) rings is 1. The summed E-state index contributed by atoms with van der Waals surface area (Å²) < 4.78 is 5.30. The largest absolute Gasteiger partial charge is 0.509 e. The number of carbonyl (C=O) groups excluding carboxylic acids is 2. The summed E-state index contributed by atoms with van der Waals surface area (Å²) in [6.45, 7) is -0.252. The van der Waals surface area contributed by atoms with Gasteiger partial charge >= 0.3 is 5.97 Å². The Kier molecular flexibility index (Phi) is 4.34. The molecule has 0 unspecified atom stereocenters. The molecule has 3 rings (SSSR count). The number of aliphatic hydroxyl groups excluding tert-OH is 1. The summed E-state index contributed by atoms with van der Waals surface area (Å²) in [5.41, 5.74) is -0.421. The molecule has 1 aromatic carbocycles. The number of amides is 2. The van der Waals surface area contributed by atoms with Gasteiger partial charge in [-0.15, -0.1) is 11.8 Å². The minimum Gasteiger partial charge on any atom is -0.509 e. The lowest BCUT2D eigenvalue weighted by molar-refractivity contribution is -0.151. The summed E-state index contributed by atoms with van der Waals surface area (Å²) >= 11 is 1.19. The van der Waals surface area contributed by atoms with Gasteiger partial charge in [-0.05, 0) is 12.1 Å². The van der Waals surface area contributed by atoms with Crippen LogP contribution >= 0.6 is 11.8 Å². The van der Waals surface area contributed by atoms with E-state index < -0.39 is 34.9 Å². The Morgan fingerprint density at radius 2 is 2.04 bits per heavy atom. The van der Waals surface area contributed by atoms with E-state index >= 15 is 0 Å². The molecule has 0 radical (unpaired) electrons. The number of aliphatic carboxylic acids is 1. The average molecular weight is 350 g/mol. The monoisotopic (exact) mass is 350 g/mol. The summed E-state index contributed by atoms with van der Waals surface area (Å²) in [5, 5.41) is 20.7. The molecule has 3 N–H and O–H groups in total. The summed E-state index contributed by atoms with van der Waals surface area (Å²) in [7, 11) is 0. The third-order valence-electron chi connectivity index (χ3n) is 3.58.